The molecule has 120 valence electrons. The Morgan fingerprint density at radius 2 is 1.96 bits per heavy atom. The maximum atomic E-state index is 14.2. The van der Waals surface area contributed by atoms with Crippen LogP contribution in [-0.2, 0) is 16.8 Å². The van der Waals surface area contributed by atoms with E-state index in [1.54, 1.807) is 30.6 Å². The molecule has 0 aliphatic heterocycles. The molecule has 4 nitrogen and oxygen atoms in total. The van der Waals surface area contributed by atoms with E-state index < -0.39 is 5.41 Å². The summed E-state index contributed by atoms with van der Waals surface area (Å²) in [6.45, 7) is 6.13. The van der Waals surface area contributed by atoms with Gasteiger partial charge in [0.15, 0.2) is 0 Å². The van der Waals surface area contributed by atoms with Crippen LogP contribution in [0.3, 0.4) is 0 Å². The van der Waals surface area contributed by atoms with Crippen LogP contribution in [0.25, 0.3) is 0 Å². The van der Waals surface area contributed by atoms with Gasteiger partial charge in [0.05, 0.1) is 29.5 Å². The lowest BCUT2D eigenvalue weighted by Gasteiger charge is -2.21. The van der Waals surface area contributed by atoms with Crippen LogP contribution >= 0.6 is 0 Å². The van der Waals surface area contributed by atoms with Gasteiger partial charge in [-0.05, 0) is 24.8 Å². The van der Waals surface area contributed by atoms with E-state index in [1.165, 1.54) is 6.07 Å². The summed E-state index contributed by atoms with van der Waals surface area (Å²) in [6.07, 6.45) is 3.94. The topological polar surface area (TPSA) is 54.9 Å². The lowest BCUT2D eigenvalue weighted by atomic mass is 9.86. The van der Waals surface area contributed by atoms with Crippen molar-refractivity contribution < 1.29 is 9.18 Å². The summed E-state index contributed by atoms with van der Waals surface area (Å²) in [4.78, 5) is 21.2. The van der Waals surface area contributed by atoms with E-state index in [9.17, 15) is 9.18 Å². The molecule has 1 aromatic carbocycles. The van der Waals surface area contributed by atoms with Crippen LogP contribution in [0.5, 0.6) is 0 Å². The highest BCUT2D eigenvalue weighted by atomic mass is 19.1. The number of amides is 1. The standard InChI is InChI=1S/C18H20FN3O/c1-12-8-21-13(9-20-12)10-22-16(23)18(11-17(18,2)3)14-6-4-5-7-15(14)19/h4-9H,10-11H2,1-3H3,(H,22,23)/t18-/m0/s1. The fourth-order valence-corrected chi connectivity index (χ4v) is 3.23. The zero-order valence-corrected chi connectivity index (χ0v) is 13.6. The number of hydrogen-bond donors (Lipinski definition) is 1. The molecule has 0 bridgehead atoms. The fourth-order valence-electron chi connectivity index (χ4n) is 3.23. The maximum Gasteiger partial charge on any atom is 0.231 e. The van der Waals surface area contributed by atoms with E-state index >= 15 is 0 Å². The molecule has 0 saturated heterocycles. The van der Waals surface area contributed by atoms with Crippen molar-refractivity contribution in [2.24, 2.45) is 5.41 Å². The number of nitrogens with one attached hydrogen (secondary N) is 1. The zero-order chi connectivity index (χ0) is 16.7. The number of carbonyl (C=O) groups is 1. The number of aryl methyl sites for hydroxylation is 1. The Morgan fingerprint density at radius 3 is 2.52 bits per heavy atom. The summed E-state index contributed by atoms with van der Waals surface area (Å²) < 4.78 is 14.2. The molecule has 1 aromatic heterocycles. The number of aromatic nitrogens is 2. The Morgan fingerprint density at radius 1 is 1.26 bits per heavy atom. The van der Waals surface area contributed by atoms with Crippen molar-refractivity contribution in [1.29, 1.82) is 0 Å². The van der Waals surface area contributed by atoms with Crippen molar-refractivity contribution in [1.82, 2.24) is 15.3 Å². The van der Waals surface area contributed by atoms with E-state index in [-0.39, 0.29) is 17.1 Å². The van der Waals surface area contributed by atoms with Gasteiger partial charge in [-0.15, -0.1) is 0 Å². The molecule has 1 amide bonds. The third-order valence-corrected chi connectivity index (χ3v) is 4.72. The summed E-state index contributed by atoms with van der Waals surface area (Å²) in [5, 5.41) is 2.89. The van der Waals surface area contributed by atoms with Gasteiger partial charge in [-0.3, -0.25) is 14.8 Å². The molecule has 23 heavy (non-hydrogen) atoms. The number of hydrogen-bond acceptors (Lipinski definition) is 3. The zero-order valence-electron chi connectivity index (χ0n) is 13.6. The van der Waals surface area contributed by atoms with Crippen LogP contribution in [-0.4, -0.2) is 15.9 Å². The van der Waals surface area contributed by atoms with Crippen LogP contribution < -0.4 is 5.32 Å². The lowest BCUT2D eigenvalue weighted by molar-refractivity contribution is -0.124. The molecule has 1 saturated carbocycles. The molecule has 1 heterocycles. The van der Waals surface area contributed by atoms with E-state index in [0.29, 0.717) is 24.2 Å². The van der Waals surface area contributed by atoms with Crippen LogP contribution in [0.2, 0.25) is 0 Å². The highest BCUT2D eigenvalue weighted by Gasteiger charge is 2.67. The van der Waals surface area contributed by atoms with Crippen LogP contribution in [0.1, 0.15) is 37.2 Å². The van der Waals surface area contributed by atoms with Gasteiger partial charge in [0.1, 0.15) is 5.82 Å². The van der Waals surface area contributed by atoms with Gasteiger partial charge < -0.3 is 5.32 Å². The Balaban J connectivity index is 1.81. The number of nitrogens with zero attached hydrogens (tertiary/aromatic N) is 2. The van der Waals surface area contributed by atoms with Gasteiger partial charge in [-0.1, -0.05) is 32.0 Å². The third-order valence-electron chi connectivity index (χ3n) is 4.72. The Labute approximate surface area is 135 Å². The second-order valence-electron chi connectivity index (χ2n) is 6.78. The minimum absolute atomic E-state index is 0.157. The SMILES string of the molecule is Cc1cnc(CNC(=O)[C@@]2(c3ccccc3F)CC2(C)C)cn1. The van der Waals surface area contributed by atoms with Crippen molar-refractivity contribution >= 4 is 5.91 Å². The molecule has 5 heteroatoms. The van der Waals surface area contributed by atoms with E-state index in [4.69, 9.17) is 0 Å². The highest BCUT2D eigenvalue weighted by molar-refractivity contribution is 5.93. The minimum atomic E-state index is -0.809. The van der Waals surface area contributed by atoms with Gasteiger partial charge >= 0.3 is 0 Å². The molecule has 3 rings (SSSR count). The largest absolute Gasteiger partial charge is 0.350 e. The van der Waals surface area contributed by atoms with Crippen LogP contribution in [0.4, 0.5) is 4.39 Å². The van der Waals surface area contributed by atoms with Crippen molar-refractivity contribution in [3.63, 3.8) is 0 Å². The maximum absolute atomic E-state index is 14.2. The molecular weight excluding hydrogens is 293 g/mol. The number of rotatable bonds is 4. The molecule has 0 unspecified atom stereocenters. The summed E-state index contributed by atoms with van der Waals surface area (Å²) in [5.74, 6) is -0.488. The normalized spacial score (nSPS) is 21.7. The Bertz CT molecular complexity index is 742. The average Bonchev–Trinajstić information content (AvgIpc) is 3.10. The summed E-state index contributed by atoms with van der Waals surface area (Å²) >= 11 is 0. The second-order valence-corrected chi connectivity index (χ2v) is 6.78. The molecule has 1 atom stereocenters. The molecule has 1 fully saturated rings. The number of halogens is 1. The quantitative estimate of drug-likeness (QED) is 0.944. The van der Waals surface area contributed by atoms with Crippen molar-refractivity contribution in [2.75, 3.05) is 0 Å². The molecule has 0 radical (unpaired) electrons. The first-order valence-electron chi connectivity index (χ1n) is 7.68. The smallest absolute Gasteiger partial charge is 0.231 e. The summed E-state index contributed by atoms with van der Waals surface area (Å²) in [7, 11) is 0. The monoisotopic (exact) mass is 313 g/mol. The Kier molecular flexibility index (Phi) is 3.66. The molecule has 2 aromatic rings. The third kappa shape index (κ3) is 2.60. The van der Waals surface area contributed by atoms with Gasteiger partial charge in [-0.25, -0.2) is 4.39 Å². The predicted octanol–water partition coefficient (Wildman–Crippen LogP) is 2.91. The van der Waals surface area contributed by atoms with Gasteiger partial charge in [0.25, 0.3) is 0 Å². The first-order valence-corrected chi connectivity index (χ1v) is 7.68. The van der Waals surface area contributed by atoms with Gasteiger partial charge in [0, 0.05) is 11.8 Å². The average molecular weight is 313 g/mol. The van der Waals surface area contributed by atoms with Crippen molar-refractivity contribution in [3.8, 4) is 0 Å². The lowest BCUT2D eigenvalue weighted by Crippen LogP contribution is -2.38. The summed E-state index contributed by atoms with van der Waals surface area (Å²) in [6, 6.07) is 6.52. The number of carbonyl (C=O) groups excluding carboxylic acids is 1. The van der Waals surface area contributed by atoms with E-state index in [1.807, 2.05) is 20.8 Å². The fraction of sp³-hybridized carbons (Fsp3) is 0.389. The molecular formula is C18H20FN3O. The summed E-state index contributed by atoms with van der Waals surface area (Å²) in [5.41, 5.74) is 0.907. The van der Waals surface area contributed by atoms with Crippen LogP contribution in [0, 0.1) is 18.2 Å². The predicted molar refractivity (Wildman–Crippen MR) is 85.1 cm³/mol. The Hall–Kier alpha value is -2.30. The van der Waals surface area contributed by atoms with E-state index in [2.05, 4.69) is 15.3 Å². The van der Waals surface area contributed by atoms with Gasteiger partial charge in [-0.2, -0.15) is 0 Å². The molecule has 0 spiro atoms. The first kappa shape index (κ1) is 15.6. The second kappa shape index (κ2) is 5.41. The van der Waals surface area contributed by atoms with Crippen LogP contribution in [0.15, 0.2) is 36.7 Å². The molecule has 1 aliphatic rings. The van der Waals surface area contributed by atoms with Gasteiger partial charge in [0.2, 0.25) is 5.91 Å². The molecule has 1 N–H and O–H groups in total. The first-order chi connectivity index (χ1) is 10.9. The van der Waals surface area contributed by atoms with E-state index in [0.717, 1.165) is 5.69 Å². The highest BCUT2D eigenvalue weighted by Crippen LogP contribution is 2.64. The molecule has 1 aliphatic carbocycles. The van der Waals surface area contributed by atoms with Crippen molar-refractivity contribution in [3.05, 3.63) is 59.4 Å². The number of benzene rings is 1. The van der Waals surface area contributed by atoms with Crippen molar-refractivity contribution in [2.45, 2.75) is 39.2 Å². The minimum Gasteiger partial charge on any atom is -0.350 e.